The van der Waals surface area contributed by atoms with E-state index in [0.29, 0.717) is 30.6 Å². The smallest absolute Gasteiger partial charge is 0.326 e. The third-order valence-electron chi connectivity index (χ3n) is 15.7. The molecule has 1 aromatic rings. The number of carbonyl (C=O) groups excluding carboxylic acids is 12. The van der Waals surface area contributed by atoms with E-state index >= 15 is 0 Å². The number of hydrogen-bond donors (Lipinski definition) is 17. The van der Waals surface area contributed by atoms with E-state index in [0.717, 1.165) is 0 Å². The Morgan fingerprint density at radius 1 is 0.567 bits per heavy atom. The molecule has 0 aromatic heterocycles. The predicted molar refractivity (Wildman–Crippen MR) is 359 cm³/mol. The lowest BCUT2D eigenvalue weighted by atomic mass is 9.98. The van der Waals surface area contributed by atoms with Crippen LogP contribution in [0.15, 0.2) is 35.3 Å². The normalized spacial score (nSPS) is 16.5. The van der Waals surface area contributed by atoms with Crippen molar-refractivity contribution in [3.63, 3.8) is 0 Å². The Kier molecular flexibility index (Phi) is 37.3. The molecule has 1 aliphatic rings. The van der Waals surface area contributed by atoms with E-state index in [1.807, 2.05) is 13.8 Å². The molecule has 97 heavy (non-hydrogen) atoms. The number of carbonyl (C=O) groups is 14. The molecule has 21 N–H and O–H groups in total. The molecule has 1 fully saturated rings. The third-order valence-corrected chi connectivity index (χ3v) is 16.4. The number of thioether (sulfide) groups is 1. The second-order valence-electron chi connectivity index (χ2n) is 25.5. The number of nitrogens with zero attached hydrogens (tertiary/aromatic N) is 2. The van der Waals surface area contributed by atoms with Crippen LogP contribution < -0.4 is 76.1 Å². The van der Waals surface area contributed by atoms with E-state index in [1.54, 1.807) is 78.1 Å². The van der Waals surface area contributed by atoms with Crippen molar-refractivity contribution in [2.75, 3.05) is 31.7 Å². The monoisotopic (exact) mass is 1390 g/mol. The Morgan fingerprint density at radius 3 is 1.53 bits per heavy atom. The van der Waals surface area contributed by atoms with Crippen LogP contribution in [0, 0.1) is 23.7 Å². The van der Waals surface area contributed by atoms with Gasteiger partial charge in [-0.05, 0) is 99.5 Å². The molecule has 0 radical (unpaired) electrons. The molecule has 0 saturated carbocycles. The number of benzene rings is 1. The van der Waals surface area contributed by atoms with Crippen molar-refractivity contribution in [1.82, 2.24) is 58.1 Å². The summed E-state index contributed by atoms with van der Waals surface area (Å²) < 4.78 is 0. The minimum atomic E-state index is -2.04. The van der Waals surface area contributed by atoms with Crippen LogP contribution >= 0.6 is 11.8 Å². The van der Waals surface area contributed by atoms with Crippen molar-refractivity contribution >= 4 is 101 Å². The number of aliphatic hydroxyl groups is 1. The summed E-state index contributed by atoms with van der Waals surface area (Å²) in [6.07, 6.45) is 0.768. The number of rotatable bonds is 44. The van der Waals surface area contributed by atoms with Crippen molar-refractivity contribution in [2.45, 2.75) is 212 Å². The van der Waals surface area contributed by atoms with Crippen LogP contribution in [-0.2, 0) is 73.5 Å². The van der Waals surface area contributed by atoms with Crippen LogP contribution in [0.1, 0.15) is 139 Å². The maximum absolute atomic E-state index is 14.6. The third kappa shape index (κ3) is 30.5. The highest BCUT2D eigenvalue weighted by Crippen LogP contribution is 2.22. The zero-order valence-electron chi connectivity index (χ0n) is 57.1. The summed E-state index contributed by atoms with van der Waals surface area (Å²) in [6, 6.07) is -9.31. The number of aliphatic carboxylic acids is 2. The largest absolute Gasteiger partial charge is 0.481 e. The van der Waals surface area contributed by atoms with Crippen molar-refractivity contribution < 1.29 is 82.4 Å². The van der Waals surface area contributed by atoms with Gasteiger partial charge in [-0.15, -0.1) is 0 Å². The number of carboxylic acids is 2. The number of aliphatic hydroxyl groups excluding tert-OH is 1. The van der Waals surface area contributed by atoms with Crippen LogP contribution in [0.3, 0.4) is 0 Å². The number of likely N-dealkylation sites (tertiary alicyclic amines) is 1. The molecule has 1 unspecified atom stereocenters. The van der Waals surface area contributed by atoms with Gasteiger partial charge in [0.2, 0.25) is 70.9 Å². The number of hydrogen-bond acceptors (Lipinski definition) is 18. The number of nitrogens with two attached hydrogens (primary N) is 4. The summed E-state index contributed by atoms with van der Waals surface area (Å²) in [4.78, 5) is 195. The fourth-order valence-corrected chi connectivity index (χ4v) is 10.7. The Hall–Kier alpha value is -8.66. The van der Waals surface area contributed by atoms with Crippen LogP contribution in [0.2, 0.25) is 0 Å². The molecule has 2 rings (SSSR count). The molecule has 13 atom stereocenters. The Balaban J connectivity index is 2.48. The van der Waals surface area contributed by atoms with Crippen LogP contribution in [-0.4, -0.2) is 213 Å². The van der Waals surface area contributed by atoms with Gasteiger partial charge < -0.3 is 96.3 Å². The first-order valence-electron chi connectivity index (χ1n) is 32.6. The standard InChI is InChI=1S/C63H104N16O17S/c1-11-35(8)50(65)61(94)79-23-16-20-47(79)60(93)76-41(26-33(4)5)56(89)78-46(31-80)59(92)71-38(19-15-22-68-63(66)67)52(85)72-40(25-32(2)3)55(88)73-42(28-37-17-13-12-14-18-37)57(90)75-44(30-49(82)83)58(91)74-43(29-48(64)81)54(87)69-36(9)51(84)70-39(21-24-97-10)53(86)77-45(62(95)96)27-34(6)7/h12-14,17-18,32-36,38-47,50,80H,11,15-16,19-31,65H2,1-10H3,(H2,64,81)(H,69,87)(H,70,84)(H,71,92)(H,72,85)(H,73,88)(H,74,91)(H,75,90)(H,76,93)(H,77,86)(H,78,89)(H,82,83)(H,95,96)(H4,66,67,68)/t35?,36-,38-,39-,40-,41-,42-,43-,44-,45-,46-,47-,50-/m0/s1. The van der Waals surface area contributed by atoms with E-state index in [1.165, 1.54) is 23.6 Å². The second-order valence-corrected chi connectivity index (χ2v) is 26.5. The molecule has 1 heterocycles. The maximum Gasteiger partial charge on any atom is 0.326 e. The lowest BCUT2D eigenvalue weighted by Gasteiger charge is -2.30. The highest BCUT2D eigenvalue weighted by atomic mass is 32.2. The van der Waals surface area contributed by atoms with E-state index in [4.69, 9.17) is 22.9 Å². The summed E-state index contributed by atoms with van der Waals surface area (Å²) in [5, 5.41) is 54.9. The minimum absolute atomic E-state index is 0.0448. The van der Waals surface area contributed by atoms with Gasteiger partial charge in [-0.1, -0.05) is 92.1 Å². The highest BCUT2D eigenvalue weighted by molar-refractivity contribution is 7.98. The zero-order valence-corrected chi connectivity index (χ0v) is 57.9. The van der Waals surface area contributed by atoms with Crippen molar-refractivity contribution in [3.05, 3.63) is 35.9 Å². The number of guanidine groups is 1. The molecular weight excluding hydrogens is 1280 g/mol. The minimum Gasteiger partial charge on any atom is -0.481 e. The Labute approximate surface area is 570 Å². The fraction of sp³-hybridized carbons (Fsp3) is 0.667. The van der Waals surface area contributed by atoms with Gasteiger partial charge in [0, 0.05) is 19.5 Å². The van der Waals surface area contributed by atoms with E-state index in [9.17, 15) is 82.4 Å². The number of aliphatic imine (C=N–C) groups is 1. The van der Waals surface area contributed by atoms with Crippen LogP contribution in [0.25, 0.3) is 0 Å². The maximum atomic E-state index is 14.6. The first kappa shape index (κ1) is 84.4. The van der Waals surface area contributed by atoms with E-state index in [-0.39, 0.29) is 87.7 Å². The second kappa shape index (κ2) is 42.8. The van der Waals surface area contributed by atoms with Crippen LogP contribution in [0.5, 0.6) is 0 Å². The molecule has 34 heteroatoms. The molecule has 0 bridgehead atoms. The Morgan fingerprint density at radius 2 is 1.01 bits per heavy atom. The first-order chi connectivity index (χ1) is 45.5. The van der Waals surface area contributed by atoms with Crippen LogP contribution in [0.4, 0.5) is 0 Å². The molecule has 544 valence electrons. The average molecular weight is 1390 g/mol. The van der Waals surface area contributed by atoms with Gasteiger partial charge in [0.15, 0.2) is 5.96 Å². The molecule has 0 aliphatic carbocycles. The summed E-state index contributed by atoms with van der Waals surface area (Å²) >= 11 is 1.33. The first-order valence-corrected chi connectivity index (χ1v) is 33.9. The molecular formula is C63H104N16O17S. The van der Waals surface area contributed by atoms with Crippen molar-refractivity contribution in [1.29, 1.82) is 0 Å². The molecule has 1 aliphatic heterocycles. The van der Waals surface area contributed by atoms with Gasteiger partial charge in [-0.2, -0.15) is 11.8 Å². The number of nitrogens with one attached hydrogen (secondary N) is 10. The lowest BCUT2D eigenvalue weighted by Crippen LogP contribution is -2.61. The van der Waals surface area contributed by atoms with E-state index < -0.39 is 175 Å². The van der Waals surface area contributed by atoms with Gasteiger partial charge in [-0.3, -0.25) is 67.3 Å². The van der Waals surface area contributed by atoms with E-state index in [2.05, 4.69) is 58.2 Å². The highest BCUT2D eigenvalue weighted by Gasteiger charge is 2.41. The average Bonchev–Trinajstić information content (AvgIpc) is 1.86. The van der Waals surface area contributed by atoms with Crippen molar-refractivity contribution in [2.24, 2.45) is 51.6 Å². The Bertz CT molecular complexity index is 2880. The lowest BCUT2D eigenvalue weighted by molar-refractivity contribution is -0.143. The number of primary amides is 1. The number of carboxylic acid groups (broad SMARTS) is 2. The van der Waals surface area contributed by atoms with Crippen molar-refractivity contribution in [3.8, 4) is 0 Å². The fourth-order valence-electron chi connectivity index (χ4n) is 10.3. The quantitative estimate of drug-likeness (QED) is 0.0174. The van der Waals surface area contributed by atoms with Gasteiger partial charge >= 0.3 is 11.9 Å². The summed E-state index contributed by atoms with van der Waals surface area (Å²) in [5.41, 5.74) is 23.2. The summed E-state index contributed by atoms with van der Waals surface area (Å²) in [6.45, 7) is 14.7. The predicted octanol–water partition coefficient (Wildman–Crippen LogP) is -3.17. The van der Waals surface area contributed by atoms with Gasteiger partial charge in [0.25, 0.3) is 0 Å². The molecule has 1 saturated heterocycles. The molecule has 0 spiro atoms. The number of amides is 12. The molecule has 33 nitrogen and oxygen atoms in total. The van der Waals surface area contributed by atoms with Gasteiger partial charge in [0.05, 0.1) is 25.5 Å². The zero-order chi connectivity index (χ0) is 73.4. The SMILES string of the molecule is CCC(C)[C@H](N)C(=O)N1CCC[C@H]1C(=O)N[C@@H](CC(C)C)C(=O)N[C@@H](CO)C(=O)N[C@@H](CCCN=C(N)N)C(=O)N[C@@H](CC(C)C)C(=O)N[C@@H](Cc1ccccc1)C(=O)N[C@@H](CC(=O)O)C(=O)N[C@@H](CC(N)=O)C(=O)N[C@@H](C)C(=O)N[C@@H](CCSC)C(=O)N[C@@H](CC(C)C)C(=O)O. The van der Waals surface area contributed by atoms with Gasteiger partial charge in [-0.25, -0.2) is 4.79 Å². The molecule has 12 amide bonds. The summed E-state index contributed by atoms with van der Waals surface area (Å²) in [7, 11) is 0. The van der Waals surface area contributed by atoms with Gasteiger partial charge in [0.1, 0.15) is 66.5 Å². The molecule has 1 aromatic carbocycles. The topological polar surface area (TPSA) is 540 Å². The summed E-state index contributed by atoms with van der Waals surface area (Å²) in [5.74, 6) is -15.2.